The van der Waals surface area contributed by atoms with Gasteiger partial charge in [-0.2, -0.15) is 0 Å². The van der Waals surface area contributed by atoms with Crippen molar-refractivity contribution in [2.45, 2.75) is 5.16 Å². The van der Waals surface area contributed by atoms with E-state index in [0.29, 0.717) is 0 Å². The monoisotopic (exact) mass is 319 g/mol. The number of halogens is 1. The summed E-state index contributed by atoms with van der Waals surface area (Å²) < 4.78 is 1.90. The zero-order valence-electron chi connectivity index (χ0n) is 9.22. The summed E-state index contributed by atoms with van der Waals surface area (Å²) in [4.78, 5) is 9.86. The molecule has 0 spiro atoms. The van der Waals surface area contributed by atoms with E-state index in [0.717, 1.165) is 38.7 Å². The molecule has 0 saturated carbocycles. The predicted molar refractivity (Wildman–Crippen MR) is 75.5 cm³/mol. The van der Waals surface area contributed by atoms with Gasteiger partial charge in [-0.3, -0.25) is 0 Å². The van der Waals surface area contributed by atoms with Crippen molar-refractivity contribution in [1.82, 2.24) is 15.1 Å². The number of fused-ring (bicyclic) bond motifs is 4. The number of para-hydroxylation sites is 1. The molecule has 2 aromatic heterocycles. The van der Waals surface area contributed by atoms with Crippen LogP contribution < -0.4 is 4.68 Å². The summed E-state index contributed by atoms with van der Waals surface area (Å²) in [7, 11) is 0. The van der Waals surface area contributed by atoms with E-state index in [1.807, 2.05) is 27.9 Å². The van der Waals surface area contributed by atoms with Crippen molar-refractivity contribution < 1.29 is 4.68 Å². The van der Waals surface area contributed by atoms with Crippen molar-refractivity contribution >= 4 is 55.5 Å². The number of aromatic amines is 1. The quantitative estimate of drug-likeness (QED) is 0.648. The molecule has 3 heterocycles. The van der Waals surface area contributed by atoms with Gasteiger partial charge in [0.25, 0.3) is 5.65 Å². The maximum atomic E-state index is 4.70. The van der Waals surface area contributed by atoms with Crippen LogP contribution in [0.5, 0.6) is 0 Å². The summed E-state index contributed by atoms with van der Waals surface area (Å²) in [5, 5.41) is 6.74. The van der Waals surface area contributed by atoms with E-state index >= 15 is 0 Å². The van der Waals surface area contributed by atoms with E-state index in [1.165, 1.54) is 0 Å². The molecule has 1 aromatic carbocycles. The van der Waals surface area contributed by atoms with Crippen molar-refractivity contribution in [3.05, 3.63) is 29.3 Å². The molecule has 0 amide bonds. The lowest BCUT2D eigenvalue weighted by atomic mass is 10.2. The minimum absolute atomic E-state index is 0.853. The fourth-order valence-electron chi connectivity index (χ4n) is 2.14. The first kappa shape index (κ1) is 10.5. The number of thioether (sulfide) groups is 1. The van der Waals surface area contributed by atoms with Crippen LogP contribution in [0.3, 0.4) is 0 Å². The molecule has 1 aliphatic rings. The molecule has 6 heteroatoms. The zero-order chi connectivity index (χ0) is 12.1. The Hall–Kier alpha value is -1.40. The van der Waals surface area contributed by atoms with E-state index < -0.39 is 0 Å². The molecule has 18 heavy (non-hydrogen) atoms. The van der Waals surface area contributed by atoms with Gasteiger partial charge in [0.1, 0.15) is 0 Å². The summed E-state index contributed by atoms with van der Waals surface area (Å²) >= 11 is 5.08. The largest absolute Gasteiger partial charge is 0.387 e. The summed E-state index contributed by atoms with van der Waals surface area (Å²) in [6.45, 7) is 0. The fraction of sp³-hybridized carbons (Fsp3) is 0.0833. The number of rotatable bonds is 0. The van der Waals surface area contributed by atoms with Gasteiger partial charge in [0.2, 0.25) is 0 Å². The lowest BCUT2D eigenvalue weighted by molar-refractivity contribution is -0.682. The Morgan fingerprint density at radius 2 is 2.28 bits per heavy atom. The van der Waals surface area contributed by atoms with Gasteiger partial charge in [0.15, 0.2) is 11.2 Å². The number of hydrogen-bond donors (Lipinski definition) is 1. The number of benzene rings is 1. The third-order valence-electron chi connectivity index (χ3n) is 3.00. The zero-order valence-corrected chi connectivity index (χ0v) is 11.6. The molecule has 0 atom stereocenters. The maximum Gasteiger partial charge on any atom is 0.387 e. The van der Waals surface area contributed by atoms with Gasteiger partial charge in [-0.15, -0.1) is 0 Å². The smallest absolute Gasteiger partial charge is 0.317 e. The van der Waals surface area contributed by atoms with Crippen LogP contribution in [0, 0.1) is 0 Å². The molecular formula is C12H8BrN4S+. The van der Waals surface area contributed by atoms with Crippen LogP contribution in [-0.4, -0.2) is 20.8 Å². The maximum absolute atomic E-state index is 4.70. The number of aromatic nitrogens is 4. The molecule has 0 unspecified atom stereocenters. The number of nitrogens with zero attached hydrogens (tertiary/aromatic N) is 3. The van der Waals surface area contributed by atoms with Gasteiger partial charge in [0.05, 0.1) is 11.3 Å². The molecule has 88 valence electrons. The number of H-pyrrole nitrogens is 1. The Kier molecular flexibility index (Phi) is 2.22. The molecule has 0 fully saturated rings. The van der Waals surface area contributed by atoms with Crippen LogP contribution in [0.1, 0.15) is 0 Å². The summed E-state index contributed by atoms with van der Waals surface area (Å²) in [5.41, 5.74) is 3.97. The minimum Gasteiger partial charge on any atom is -0.317 e. The Morgan fingerprint density at radius 1 is 1.39 bits per heavy atom. The van der Waals surface area contributed by atoms with Crippen molar-refractivity contribution in [1.29, 1.82) is 0 Å². The predicted octanol–water partition coefficient (Wildman–Crippen LogP) is 2.70. The van der Waals surface area contributed by atoms with E-state index in [2.05, 4.69) is 32.0 Å². The van der Waals surface area contributed by atoms with Crippen LogP contribution in [0.2, 0.25) is 0 Å². The first-order valence-corrected chi connectivity index (χ1v) is 7.40. The molecule has 0 radical (unpaired) electrons. The first-order chi connectivity index (χ1) is 8.86. The van der Waals surface area contributed by atoms with Gasteiger partial charge in [-0.05, 0) is 22.8 Å². The van der Waals surface area contributed by atoms with Gasteiger partial charge < -0.3 is 4.98 Å². The van der Waals surface area contributed by atoms with Crippen LogP contribution in [0.15, 0.2) is 34.4 Å². The van der Waals surface area contributed by atoms with Gasteiger partial charge >= 0.3 is 5.16 Å². The Labute approximate surface area is 115 Å². The molecule has 1 N–H and O–H groups in total. The number of nitrogens with one attached hydrogen (secondary N) is 1. The lowest BCUT2D eigenvalue weighted by Crippen LogP contribution is -2.36. The Balaban J connectivity index is 2.14. The van der Waals surface area contributed by atoms with E-state index in [1.54, 1.807) is 11.8 Å². The topological polar surface area (TPSA) is 45.5 Å². The van der Waals surface area contributed by atoms with Crippen LogP contribution in [-0.2, 0) is 0 Å². The van der Waals surface area contributed by atoms with Crippen LogP contribution in [0.4, 0.5) is 0 Å². The highest BCUT2D eigenvalue weighted by atomic mass is 79.9. The second kappa shape index (κ2) is 3.80. The average molecular weight is 320 g/mol. The highest BCUT2D eigenvalue weighted by Gasteiger charge is 2.30. The fourth-order valence-corrected chi connectivity index (χ4v) is 3.63. The summed E-state index contributed by atoms with van der Waals surface area (Å²) in [6, 6.07) is 8.14. The van der Waals surface area contributed by atoms with E-state index in [-0.39, 0.29) is 0 Å². The molecule has 4 nitrogen and oxygen atoms in total. The standard InChI is InChI=1S/C12H7BrN4S/c13-5-7-6-18-12-15-11-10(16-17(7)12)8-3-1-2-4-9(8)14-11/h1-5H,6H2/p+1/b7-5-. The van der Waals surface area contributed by atoms with E-state index in [4.69, 9.17) is 5.10 Å². The lowest BCUT2D eigenvalue weighted by Gasteiger charge is -1.92. The average Bonchev–Trinajstić information content (AvgIpc) is 2.96. The molecule has 0 saturated heterocycles. The van der Waals surface area contributed by atoms with Gasteiger partial charge in [-0.25, -0.2) is 0 Å². The second-order valence-electron chi connectivity index (χ2n) is 4.06. The van der Waals surface area contributed by atoms with E-state index in [9.17, 15) is 0 Å². The highest BCUT2D eigenvalue weighted by molar-refractivity contribution is 9.11. The molecule has 0 bridgehead atoms. The summed E-state index contributed by atoms with van der Waals surface area (Å²) in [5.74, 6) is 0.899. The Morgan fingerprint density at radius 3 is 3.17 bits per heavy atom. The van der Waals surface area contributed by atoms with Crippen molar-refractivity contribution in [2.75, 3.05) is 5.75 Å². The third-order valence-corrected chi connectivity index (χ3v) is 4.49. The highest BCUT2D eigenvalue weighted by Crippen LogP contribution is 2.27. The van der Waals surface area contributed by atoms with Crippen molar-refractivity contribution in [3.63, 3.8) is 0 Å². The second-order valence-corrected chi connectivity index (χ2v) is 5.46. The molecule has 3 aromatic rings. The SMILES string of the molecule is Br/C=C1/CSc2nc3[nH]c4ccccc4c3n[n+]21. The normalized spacial score (nSPS) is 16.8. The van der Waals surface area contributed by atoms with Crippen molar-refractivity contribution in [2.24, 2.45) is 0 Å². The minimum atomic E-state index is 0.853. The molecule has 1 aliphatic heterocycles. The molecule has 0 aliphatic carbocycles. The first-order valence-electron chi connectivity index (χ1n) is 5.50. The van der Waals surface area contributed by atoms with Crippen LogP contribution in [0.25, 0.3) is 27.8 Å². The molecular weight excluding hydrogens is 312 g/mol. The van der Waals surface area contributed by atoms with Gasteiger partial charge in [0, 0.05) is 10.4 Å². The third kappa shape index (κ3) is 1.36. The number of hydrogen-bond acceptors (Lipinski definition) is 3. The Bertz CT molecular complexity index is 808. The van der Waals surface area contributed by atoms with Crippen LogP contribution >= 0.6 is 27.7 Å². The van der Waals surface area contributed by atoms with Crippen molar-refractivity contribution in [3.8, 4) is 0 Å². The van der Waals surface area contributed by atoms with Gasteiger partial charge in [-0.1, -0.05) is 43.9 Å². The molecule has 4 rings (SSSR count). The summed E-state index contributed by atoms with van der Waals surface area (Å²) in [6.07, 6.45) is 0.